The maximum atomic E-state index is 12.4. The molecule has 0 spiro atoms. The first-order chi connectivity index (χ1) is 10.6. The van der Waals surface area contributed by atoms with Gasteiger partial charge in [-0.15, -0.1) is 0 Å². The highest BCUT2D eigenvalue weighted by atomic mass is 16.6. The van der Waals surface area contributed by atoms with E-state index in [1.165, 1.54) is 12.7 Å². The third-order valence-electron chi connectivity index (χ3n) is 4.82. The van der Waals surface area contributed by atoms with Crippen LogP contribution in [0.4, 0.5) is 4.79 Å². The van der Waals surface area contributed by atoms with Gasteiger partial charge in [0.15, 0.2) is 0 Å². The highest BCUT2D eigenvalue weighted by Gasteiger charge is 2.73. The maximum Gasteiger partial charge on any atom is 0.410 e. The van der Waals surface area contributed by atoms with Crippen molar-refractivity contribution in [3.05, 3.63) is 35.9 Å². The van der Waals surface area contributed by atoms with Gasteiger partial charge in [0.2, 0.25) is 0 Å². The molecule has 2 fully saturated rings. The molecule has 1 amide bonds. The van der Waals surface area contributed by atoms with Gasteiger partial charge < -0.3 is 9.47 Å². The number of likely N-dealkylation sites (tertiary alicyclic amines) is 1. The monoisotopic (exact) mass is 303 g/mol. The van der Waals surface area contributed by atoms with Crippen molar-refractivity contribution in [1.82, 2.24) is 4.90 Å². The quantitative estimate of drug-likeness (QED) is 0.801. The highest BCUT2D eigenvalue weighted by Crippen LogP contribution is 2.59. The number of esters is 1. The van der Waals surface area contributed by atoms with Crippen LogP contribution in [0.1, 0.15) is 18.9 Å². The number of nitrogens with zero attached hydrogens (tertiary/aromatic N) is 1. The third kappa shape index (κ3) is 2.25. The molecule has 0 N–H and O–H groups in total. The molecule has 5 heteroatoms. The smallest absolute Gasteiger partial charge is 0.410 e. The summed E-state index contributed by atoms with van der Waals surface area (Å²) >= 11 is 0. The topological polar surface area (TPSA) is 55.8 Å². The van der Waals surface area contributed by atoms with Gasteiger partial charge in [0.05, 0.1) is 13.7 Å². The average molecular weight is 303 g/mol. The summed E-state index contributed by atoms with van der Waals surface area (Å²) in [6, 6.07) is 10.2. The van der Waals surface area contributed by atoms with E-state index >= 15 is 0 Å². The van der Waals surface area contributed by atoms with E-state index in [-0.39, 0.29) is 17.8 Å². The lowest BCUT2D eigenvalue weighted by molar-refractivity contribution is -0.150. The second kappa shape index (κ2) is 5.63. The van der Waals surface area contributed by atoms with Crippen LogP contribution in [0.3, 0.4) is 0 Å². The second-order valence-corrected chi connectivity index (χ2v) is 5.99. The van der Waals surface area contributed by atoms with Crippen LogP contribution >= 0.6 is 0 Å². The number of methoxy groups -OCH3 is 1. The van der Waals surface area contributed by atoms with Crippen LogP contribution < -0.4 is 0 Å². The van der Waals surface area contributed by atoms with Gasteiger partial charge in [-0.25, -0.2) is 9.59 Å². The van der Waals surface area contributed by atoms with Crippen molar-refractivity contribution in [2.45, 2.75) is 25.3 Å². The van der Waals surface area contributed by atoms with E-state index in [4.69, 9.17) is 9.47 Å². The summed E-state index contributed by atoms with van der Waals surface area (Å²) in [5.74, 6) is 0.151. The summed E-state index contributed by atoms with van der Waals surface area (Å²) in [6.45, 7) is 2.65. The molecule has 3 rings (SSSR count). The number of carbonyl (C=O) groups is 2. The number of hydrogen-bond donors (Lipinski definition) is 0. The number of rotatable bonds is 4. The van der Waals surface area contributed by atoms with E-state index in [0.29, 0.717) is 19.6 Å². The zero-order valence-corrected chi connectivity index (χ0v) is 13.0. The van der Waals surface area contributed by atoms with Gasteiger partial charge in [0.1, 0.15) is 5.54 Å². The molecule has 0 aromatic heterocycles. The largest absolute Gasteiger partial charge is 0.464 e. The molecule has 1 aromatic rings. The number of benzene rings is 1. The molecule has 1 aliphatic heterocycles. The van der Waals surface area contributed by atoms with Crippen LogP contribution in [-0.4, -0.2) is 42.8 Å². The van der Waals surface area contributed by atoms with Crippen molar-refractivity contribution in [2.75, 3.05) is 20.3 Å². The molecule has 22 heavy (non-hydrogen) atoms. The number of fused-ring (bicyclic) bond motifs is 1. The molecule has 0 unspecified atom stereocenters. The first kappa shape index (κ1) is 14.9. The Balaban J connectivity index is 1.80. The van der Waals surface area contributed by atoms with Crippen LogP contribution in [0.25, 0.3) is 0 Å². The van der Waals surface area contributed by atoms with Gasteiger partial charge >= 0.3 is 12.1 Å². The normalized spacial score (nSPS) is 28.9. The van der Waals surface area contributed by atoms with Crippen molar-refractivity contribution in [1.29, 1.82) is 0 Å². The molecule has 1 heterocycles. The molecule has 1 aromatic carbocycles. The molecular formula is C17H21NO4. The minimum atomic E-state index is -0.789. The first-order valence-electron chi connectivity index (χ1n) is 7.70. The van der Waals surface area contributed by atoms with Crippen molar-refractivity contribution >= 4 is 12.1 Å². The highest BCUT2D eigenvalue weighted by molar-refractivity contribution is 5.90. The van der Waals surface area contributed by atoms with E-state index in [0.717, 1.165) is 6.42 Å². The molecule has 118 valence electrons. The summed E-state index contributed by atoms with van der Waals surface area (Å²) in [5, 5.41) is 0. The van der Waals surface area contributed by atoms with E-state index < -0.39 is 11.6 Å². The Morgan fingerprint density at radius 3 is 2.68 bits per heavy atom. The van der Waals surface area contributed by atoms with E-state index in [1.807, 2.05) is 18.2 Å². The summed E-state index contributed by atoms with van der Waals surface area (Å²) in [5.41, 5.74) is 0.437. The Morgan fingerprint density at radius 1 is 1.32 bits per heavy atom. The predicted octanol–water partition coefficient (Wildman–Crippen LogP) is 2.25. The zero-order valence-electron chi connectivity index (χ0n) is 13.0. The fourth-order valence-electron chi connectivity index (χ4n) is 3.74. The van der Waals surface area contributed by atoms with Gasteiger partial charge in [-0.05, 0) is 31.2 Å². The Hall–Kier alpha value is -2.04. The fraction of sp³-hybridized carbons (Fsp3) is 0.529. The zero-order chi connectivity index (χ0) is 15.7. The number of piperidine rings is 1. The summed E-state index contributed by atoms with van der Waals surface area (Å²) < 4.78 is 10.1. The minimum absolute atomic E-state index is 0.172. The van der Waals surface area contributed by atoms with Gasteiger partial charge in [-0.2, -0.15) is 0 Å². The van der Waals surface area contributed by atoms with Crippen molar-refractivity contribution in [3.63, 3.8) is 0 Å². The summed E-state index contributed by atoms with van der Waals surface area (Å²) in [6.07, 6.45) is 1.10. The van der Waals surface area contributed by atoms with Crippen molar-refractivity contribution in [2.24, 2.45) is 11.8 Å². The lowest BCUT2D eigenvalue weighted by atomic mass is 9.95. The second-order valence-electron chi connectivity index (χ2n) is 5.99. The van der Waals surface area contributed by atoms with Gasteiger partial charge in [-0.1, -0.05) is 30.3 Å². The molecule has 0 radical (unpaired) electrons. The van der Waals surface area contributed by atoms with Crippen LogP contribution in [0.5, 0.6) is 0 Å². The minimum Gasteiger partial charge on any atom is -0.464 e. The lowest BCUT2D eigenvalue weighted by Gasteiger charge is -2.25. The van der Waals surface area contributed by atoms with Gasteiger partial charge in [0.25, 0.3) is 0 Å². The first-order valence-corrected chi connectivity index (χ1v) is 7.70. The number of hydrogen-bond acceptors (Lipinski definition) is 4. The van der Waals surface area contributed by atoms with Crippen LogP contribution in [0.15, 0.2) is 30.3 Å². The summed E-state index contributed by atoms with van der Waals surface area (Å²) in [4.78, 5) is 26.0. The molecule has 1 saturated carbocycles. The van der Waals surface area contributed by atoms with Crippen molar-refractivity contribution < 1.29 is 19.1 Å². The lowest BCUT2D eigenvalue weighted by Crippen LogP contribution is -2.46. The van der Waals surface area contributed by atoms with Crippen LogP contribution in [0, 0.1) is 11.8 Å². The van der Waals surface area contributed by atoms with E-state index in [2.05, 4.69) is 12.1 Å². The third-order valence-corrected chi connectivity index (χ3v) is 4.82. The number of ether oxygens (including phenoxy) is 2. The Bertz CT molecular complexity index is 573. The Kier molecular flexibility index (Phi) is 3.81. The van der Waals surface area contributed by atoms with E-state index in [9.17, 15) is 9.59 Å². The SMILES string of the molecule is CCOC(=O)[C@@]12C[C@@H]1[C@@H](Cc1ccccc1)CN2C(=O)OC. The number of amides is 1. The standard InChI is InChI=1S/C17H21NO4/c1-3-22-15(19)17-10-14(17)13(11-18(17)16(20)21-2)9-12-7-5-4-6-8-12/h4-8,13-14H,3,9-11H2,1-2H3/t13-,14+,17+/m0/s1. The fourth-order valence-corrected chi connectivity index (χ4v) is 3.74. The van der Waals surface area contributed by atoms with E-state index in [1.54, 1.807) is 11.8 Å². The van der Waals surface area contributed by atoms with Crippen molar-refractivity contribution in [3.8, 4) is 0 Å². The molecule has 0 bridgehead atoms. The maximum absolute atomic E-state index is 12.4. The molecule has 1 aliphatic carbocycles. The van der Waals surface area contributed by atoms with Crippen LogP contribution in [-0.2, 0) is 20.7 Å². The predicted molar refractivity (Wildman–Crippen MR) is 80.2 cm³/mol. The Labute approximate surface area is 130 Å². The molecule has 1 saturated heterocycles. The Morgan fingerprint density at radius 2 is 2.05 bits per heavy atom. The molecule has 3 atom stereocenters. The molecule has 2 aliphatic rings. The van der Waals surface area contributed by atoms with Crippen LogP contribution in [0.2, 0.25) is 0 Å². The summed E-state index contributed by atoms with van der Waals surface area (Å²) in [7, 11) is 1.35. The number of carbonyl (C=O) groups excluding carboxylic acids is 2. The molecule has 5 nitrogen and oxygen atoms in total. The molecular weight excluding hydrogens is 282 g/mol. The van der Waals surface area contributed by atoms with Gasteiger partial charge in [-0.3, -0.25) is 4.90 Å². The average Bonchev–Trinajstić information content (AvgIpc) is 3.21. The van der Waals surface area contributed by atoms with Gasteiger partial charge in [0, 0.05) is 12.5 Å².